The van der Waals surface area contributed by atoms with Gasteiger partial charge in [-0.05, 0) is 31.7 Å². The lowest BCUT2D eigenvalue weighted by atomic mass is 9.89. The molecule has 19 heavy (non-hydrogen) atoms. The third-order valence-corrected chi connectivity index (χ3v) is 4.33. The van der Waals surface area contributed by atoms with E-state index in [4.69, 9.17) is 0 Å². The van der Waals surface area contributed by atoms with E-state index in [9.17, 15) is 0 Å². The molecule has 1 aromatic rings. The zero-order valence-corrected chi connectivity index (χ0v) is 12.4. The molecule has 0 saturated heterocycles. The molecular weight excluding hydrogens is 236 g/mol. The molecule has 1 aliphatic carbocycles. The van der Waals surface area contributed by atoms with E-state index < -0.39 is 0 Å². The second-order valence-corrected chi connectivity index (χ2v) is 5.82. The van der Waals surface area contributed by atoms with E-state index in [2.05, 4.69) is 22.3 Å². The average Bonchev–Trinajstić information content (AvgIpc) is 2.68. The van der Waals surface area contributed by atoms with E-state index >= 15 is 0 Å². The Morgan fingerprint density at radius 1 is 1.32 bits per heavy atom. The molecule has 0 amide bonds. The topological polar surface area (TPSA) is 42.7 Å². The smallest absolute Gasteiger partial charge is 0.138 e. The van der Waals surface area contributed by atoms with Gasteiger partial charge in [0.15, 0.2) is 0 Å². The van der Waals surface area contributed by atoms with Crippen LogP contribution in [0.15, 0.2) is 6.33 Å². The first-order chi connectivity index (χ1) is 9.31. The number of aromatic nitrogens is 3. The number of hydrogen-bond donors (Lipinski definition) is 1. The summed E-state index contributed by atoms with van der Waals surface area (Å²) in [6.07, 6.45) is 12.3. The van der Waals surface area contributed by atoms with Crippen molar-refractivity contribution in [3.8, 4) is 0 Å². The Bertz CT molecular complexity index is 353. The molecule has 0 spiro atoms. The molecular formula is C15H28N4. The highest BCUT2D eigenvalue weighted by molar-refractivity contribution is 4.92. The van der Waals surface area contributed by atoms with Crippen molar-refractivity contribution in [3.63, 3.8) is 0 Å². The highest BCUT2D eigenvalue weighted by Crippen LogP contribution is 2.26. The quantitative estimate of drug-likeness (QED) is 0.803. The molecule has 1 heterocycles. The summed E-state index contributed by atoms with van der Waals surface area (Å²) in [5, 5.41) is 7.94. The van der Waals surface area contributed by atoms with E-state index in [1.807, 2.05) is 11.7 Å². The first kappa shape index (κ1) is 14.5. The molecule has 1 fully saturated rings. The summed E-state index contributed by atoms with van der Waals surface area (Å²) >= 11 is 0. The van der Waals surface area contributed by atoms with Crippen LogP contribution in [0.1, 0.15) is 57.7 Å². The first-order valence-electron chi connectivity index (χ1n) is 7.87. The lowest BCUT2D eigenvalue weighted by Crippen LogP contribution is -2.39. The number of nitrogens with one attached hydrogen (secondary N) is 1. The van der Waals surface area contributed by atoms with Gasteiger partial charge in [-0.1, -0.05) is 32.6 Å². The molecule has 0 aliphatic heterocycles. The summed E-state index contributed by atoms with van der Waals surface area (Å²) in [7, 11) is 1.99. The normalized spacial score (nSPS) is 19.3. The minimum atomic E-state index is 0.570. The van der Waals surface area contributed by atoms with E-state index in [-0.39, 0.29) is 0 Å². The summed E-state index contributed by atoms with van der Waals surface area (Å²) in [4.78, 5) is 4.39. The largest absolute Gasteiger partial charge is 0.313 e. The second kappa shape index (κ2) is 7.63. The molecule has 1 atom stereocenters. The number of aryl methyl sites for hydroxylation is 1. The fourth-order valence-corrected chi connectivity index (χ4v) is 3.15. The zero-order valence-electron chi connectivity index (χ0n) is 12.4. The van der Waals surface area contributed by atoms with E-state index in [0.29, 0.717) is 6.04 Å². The Morgan fingerprint density at radius 3 is 2.63 bits per heavy atom. The van der Waals surface area contributed by atoms with Crippen LogP contribution in [0.2, 0.25) is 0 Å². The zero-order chi connectivity index (χ0) is 13.5. The number of nitrogens with zero attached hydrogens (tertiary/aromatic N) is 3. The fourth-order valence-electron chi connectivity index (χ4n) is 3.15. The van der Waals surface area contributed by atoms with Crippen molar-refractivity contribution in [2.24, 2.45) is 13.0 Å². The monoisotopic (exact) mass is 264 g/mol. The maximum atomic E-state index is 4.39. The maximum Gasteiger partial charge on any atom is 0.138 e. The molecule has 0 aromatic carbocycles. The first-order valence-corrected chi connectivity index (χ1v) is 7.87. The van der Waals surface area contributed by atoms with Crippen LogP contribution in [-0.4, -0.2) is 27.4 Å². The predicted octanol–water partition coefficient (Wildman–Crippen LogP) is 2.70. The van der Waals surface area contributed by atoms with Crippen LogP contribution < -0.4 is 5.32 Å². The molecule has 4 heteroatoms. The van der Waals surface area contributed by atoms with Crippen LogP contribution in [0.25, 0.3) is 0 Å². The van der Waals surface area contributed by atoms with Crippen molar-refractivity contribution in [2.45, 2.75) is 64.3 Å². The van der Waals surface area contributed by atoms with Crippen LogP contribution in [-0.2, 0) is 13.5 Å². The Kier molecular flexibility index (Phi) is 5.83. The van der Waals surface area contributed by atoms with Gasteiger partial charge in [-0.15, -0.1) is 0 Å². The van der Waals surface area contributed by atoms with Crippen molar-refractivity contribution >= 4 is 0 Å². The Labute approximate surface area is 117 Å². The molecule has 4 nitrogen and oxygen atoms in total. The van der Waals surface area contributed by atoms with Crippen LogP contribution in [0.3, 0.4) is 0 Å². The second-order valence-electron chi connectivity index (χ2n) is 5.82. The van der Waals surface area contributed by atoms with Crippen LogP contribution in [0.5, 0.6) is 0 Å². The van der Waals surface area contributed by atoms with Crippen molar-refractivity contribution < 1.29 is 0 Å². The van der Waals surface area contributed by atoms with Gasteiger partial charge in [0.25, 0.3) is 0 Å². The van der Waals surface area contributed by atoms with Gasteiger partial charge in [-0.25, -0.2) is 4.98 Å². The average molecular weight is 264 g/mol. The van der Waals surface area contributed by atoms with Crippen molar-refractivity contribution in [1.29, 1.82) is 0 Å². The minimum Gasteiger partial charge on any atom is -0.313 e. The Hall–Kier alpha value is -0.900. The van der Waals surface area contributed by atoms with Crippen LogP contribution >= 0.6 is 0 Å². The molecule has 108 valence electrons. The van der Waals surface area contributed by atoms with Gasteiger partial charge in [-0.3, -0.25) is 4.68 Å². The van der Waals surface area contributed by atoms with Gasteiger partial charge in [0.1, 0.15) is 12.2 Å². The Morgan fingerprint density at radius 2 is 2.05 bits per heavy atom. The van der Waals surface area contributed by atoms with Gasteiger partial charge in [0.05, 0.1) is 0 Å². The Balaban J connectivity index is 1.99. The van der Waals surface area contributed by atoms with Gasteiger partial charge < -0.3 is 5.32 Å². The summed E-state index contributed by atoms with van der Waals surface area (Å²) in [6.45, 7) is 3.35. The van der Waals surface area contributed by atoms with Crippen molar-refractivity contribution in [2.75, 3.05) is 6.54 Å². The molecule has 2 rings (SSSR count). The van der Waals surface area contributed by atoms with E-state index in [1.165, 1.54) is 44.9 Å². The van der Waals surface area contributed by atoms with Gasteiger partial charge in [0.2, 0.25) is 0 Å². The van der Waals surface area contributed by atoms with Crippen molar-refractivity contribution in [1.82, 2.24) is 20.1 Å². The predicted molar refractivity (Wildman–Crippen MR) is 78.0 cm³/mol. The molecule has 1 aliphatic rings. The SMILES string of the molecule is CCCNC(Cc1ncnn1C)C1CCCCCC1. The van der Waals surface area contributed by atoms with E-state index in [1.54, 1.807) is 6.33 Å². The molecule has 1 N–H and O–H groups in total. The lowest BCUT2D eigenvalue weighted by molar-refractivity contribution is 0.311. The van der Waals surface area contributed by atoms with Crippen LogP contribution in [0, 0.1) is 5.92 Å². The summed E-state index contributed by atoms with van der Waals surface area (Å²) in [5.41, 5.74) is 0. The fraction of sp³-hybridized carbons (Fsp3) is 0.867. The molecule has 0 radical (unpaired) electrons. The third-order valence-electron chi connectivity index (χ3n) is 4.33. The maximum absolute atomic E-state index is 4.39. The van der Waals surface area contributed by atoms with Gasteiger partial charge in [-0.2, -0.15) is 5.10 Å². The third kappa shape index (κ3) is 4.30. The van der Waals surface area contributed by atoms with E-state index in [0.717, 1.165) is 24.7 Å². The van der Waals surface area contributed by atoms with Gasteiger partial charge >= 0.3 is 0 Å². The number of rotatable bonds is 6. The van der Waals surface area contributed by atoms with Crippen molar-refractivity contribution in [3.05, 3.63) is 12.2 Å². The molecule has 1 unspecified atom stereocenters. The summed E-state index contributed by atoms with van der Waals surface area (Å²) < 4.78 is 1.91. The number of hydrogen-bond acceptors (Lipinski definition) is 3. The highest BCUT2D eigenvalue weighted by Gasteiger charge is 2.23. The summed E-state index contributed by atoms with van der Waals surface area (Å²) in [5.74, 6) is 1.92. The lowest BCUT2D eigenvalue weighted by Gasteiger charge is -2.27. The molecule has 1 aromatic heterocycles. The molecule has 0 bridgehead atoms. The van der Waals surface area contributed by atoms with Crippen LogP contribution in [0.4, 0.5) is 0 Å². The minimum absolute atomic E-state index is 0.570. The summed E-state index contributed by atoms with van der Waals surface area (Å²) in [6, 6.07) is 0.570. The highest BCUT2D eigenvalue weighted by atomic mass is 15.3. The molecule has 1 saturated carbocycles. The standard InChI is InChI=1S/C15H28N4/c1-3-10-16-14(11-15-17-12-18-19(15)2)13-8-6-4-5-7-9-13/h12-14,16H,3-11H2,1-2H3. The van der Waals surface area contributed by atoms with Gasteiger partial charge in [0, 0.05) is 19.5 Å².